The third-order valence-corrected chi connectivity index (χ3v) is 6.49. The molecule has 0 bridgehead atoms. The van der Waals surface area contributed by atoms with Gasteiger partial charge in [-0.25, -0.2) is 4.99 Å². The van der Waals surface area contributed by atoms with E-state index >= 15 is 0 Å². The van der Waals surface area contributed by atoms with Crippen molar-refractivity contribution in [2.45, 2.75) is 12.6 Å². The molecule has 0 fully saturated rings. The Bertz CT molecular complexity index is 1270. The number of rotatable bonds is 5. The number of nitrogens with one attached hydrogen (secondary N) is 2. The molecule has 9 heteroatoms. The fourth-order valence-corrected chi connectivity index (χ4v) is 4.57. The van der Waals surface area contributed by atoms with Gasteiger partial charge in [0.2, 0.25) is 6.17 Å². The van der Waals surface area contributed by atoms with Crippen molar-refractivity contribution >= 4 is 69.4 Å². The zero-order valence-corrected chi connectivity index (χ0v) is 21.3. The Balaban J connectivity index is 1.55. The van der Waals surface area contributed by atoms with Crippen molar-refractivity contribution in [1.29, 1.82) is 0 Å². The monoisotopic (exact) mass is 530 g/mol. The predicted octanol–water partition coefficient (Wildman–Crippen LogP) is 5.49. The molecule has 34 heavy (non-hydrogen) atoms. The van der Waals surface area contributed by atoms with Gasteiger partial charge in [-0.1, -0.05) is 71.2 Å². The SMILES string of the molecule is CN1C(=O)C(NC(=S)NCCc2ccc(Cl)cc2Cl)N=C(c2ccccc2)c2cc(Cl)ccc21. The van der Waals surface area contributed by atoms with E-state index in [1.54, 1.807) is 30.1 Å². The van der Waals surface area contributed by atoms with Gasteiger partial charge in [0.1, 0.15) is 0 Å². The highest BCUT2D eigenvalue weighted by Crippen LogP contribution is 2.30. The van der Waals surface area contributed by atoms with E-state index in [0.29, 0.717) is 38.9 Å². The number of likely N-dealkylation sites (N-methyl/N-ethyl adjacent to an activating group) is 1. The summed E-state index contributed by atoms with van der Waals surface area (Å²) in [5, 5.41) is 8.25. The quantitative estimate of drug-likeness (QED) is 0.427. The molecule has 1 aliphatic rings. The van der Waals surface area contributed by atoms with Crippen LogP contribution < -0.4 is 15.5 Å². The molecule has 4 rings (SSSR count). The molecule has 0 saturated heterocycles. The van der Waals surface area contributed by atoms with Gasteiger partial charge in [0.05, 0.1) is 11.4 Å². The average Bonchev–Trinajstić information content (AvgIpc) is 2.91. The van der Waals surface area contributed by atoms with Crippen LogP contribution in [0.1, 0.15) is 16.7 Å². The zero-order chi connectivity index (χ0) is 24.2. The number of fused-ring (bicyclic) bond motifs is 1. The van der Waals surface area contributed by atoms with Crippen LogP contribution in [-0.2, 0) is 11.2 Å². The fourth-order valence-electron chi connectivity index (χ4n) is 3.68. The van der Waals surface area contributed by atoms with Crippen molar-refractivity contribution in [1.82, 2.24) is 10.6 Å². The minimum Gasteiger partial charge on any atom is -0.362 e. The van der Waals surface area contributed by atoms with Crippen molar-refractivity contribution in [3.8, 4) is 0 Å². The lowest BCUT2D eigenvalue weighted by Gasteiger charge is -2.22. The maximum atomic E-state index is 13.3. The highest BCUT2D eigenvalue weighted by atomic mass is 35.5. The summed E-state index contributed by atoms with van der Waals surface area (Å²) in [5.74, 6) is -0.237. The molecule has 3 aromatic carbocycles. The second-order valence-corrected chi connectivity index (χ2v) is 9.38. The summed E-state index contributed by atoms with van der Waals surface area (Å²) < 4.78 is 0. The largest absolute Gasteiger partial charge is 0.362 e. The first-order valence-electron chi connectivity index (χ1n) is 10.5. The van der Waals surface area contributed by atoms with Gasteiger partial charge in [-0.05, 0) is 54.5 Å². The molecule has 1 unspecified atom stereocenters. The number of nitrogens with zero attached hydrogens (tertiary/aromatic N) is 2. The minimum atomic E-state index is -0.912. The fraction of sp³-hybridized carbons (Fsp3) is 0.160. The molecular weight excluding hydrogens is 511 g/mol. The lowest BCUT2D eigenvalue weighted by atomic mass is 10.0. The molecule has 1 amide bonds. The number of amides is 1. The van der Waals surface area contributed by atoms with Crippen LogP contribution in [0.4, 0.5) is 5.69 Å². The van der Waals surface area contributed by atoms with Crippen LogP contribution >= 0.6 is 47.0 Å². The maximum absolute atomic E-state index is 13.3. The lowest BCUT2D eigenvalue weighted by molar-refractivity contribution is -0.119. The van der Waals surface area contributed by atoms with Crippen LogP contribution in [0.15, 0.2) is 71.7 Å². The maximum Gasteiger partial charge on any atom is 0.272 e. The average molecular weight is 532 g/mol. The minimum absolute atomic E-state index is 0.237. The number of halogens is 3. The summed E-state index contributed by atoms with van der Waals surface area (Å²) in [5.41, 5.74) is 3.97. The Hall–Kier alpha value is -2.64. The molecule has 0 radical (unpaired) electrons. The van der Waals surface area contributed by atoms with Crippen molar-refractivity contribution in [2.75, 3.05) is 18.5 Å². The van der Waals surface area contributed by atoms with Crippen LogP contribution in [0.5, 0.6) is 0 Å². The Morgan fingerprint density at radius 1 is 1.03 bits per heavy atom. The summed E-state index contributed by atoms with van der Waals surface area (Å²) >= 11 is 24.0. The molecular formula is C25H21Cl3N4OS. The molecule has 2 N–H and O–H groups in total. The Kier molecular flexibility index (Phi) is 7.73. The van der Waals surface area contributed by atoms with Crippen LogP contribution in [0.3, 0.4) is 0 Å². The van der Waals surface area contributed by atoms with E-state index in [0.717, 1.165) is 22.4 Å². The first kappa shape index (κ1) is 24.5. The number of aliphatic imine (C=N–C) groups is 1. The van der Waals surface area contributed by atoms with E-state index in [1.165, 1.54) is 0 Å². The van der Waals surface area contributed by atoms with Crippen molar-refractivity contribution in [3.05, 3.63) is 98.5 Å². The van der Waals surface area contributed by atoms with Gasteiger partial charge in [0, 0.05) is 39.8 Å². The Labute approximate surface area is 218 Å². The Morgan fingerprint density at radius 2 is 1.74 bits per heavy atom. The van der Waals surface area contributed by atoms with Gasteiger partial charge < -0.3 is 15.5 Å². The molecule has 0 aliphatic carbocycles. The second-order valence-electron chi connectivity index (χ2n) is 7.69. The normalized spacial score (nSPS) is 15.3. The third kappa shape index (κ3) is 5.53. The number of hydrogen-bond acceptors (Lipinski definition) is 3. The predicted molar refractivity (Wildman–Crippen MR) is 145 cm³/mol. The van der Waals surface area contributed by atoms with Crippen LogP contribution in [0.2, 0.25) is 15.1 Å². The number of benzene rings is 3. The highest BCUT2D eigenvalue weighted by molar-refractivity contribution is 7.80. The Morgan fingerprint density at radius 3 is 2.47 bits per heavy atom. The highest BCUT2D eigenvalue weighted by Gasteiger charge is 2.30. The van der Waals surface area contributed by atoms with Crippen LogP contribution in [0.25, 0.3) is 0 Å². The summed E-state index contributed by atoms with van der Waals surface area (Å²) in [6.45, 7) is 0.523. The molecule has 1 heterocycles. The van der Waals surface area contributed by atoms with Gasteiger partial charge in [0.25, 0.3) is 5.91 Å². The molecule has 0 aromatic heterocycles. The summed E-state index contributed by atoms with van der Waals surface area (Å²) in [6, 6.07) is 20.5. The lowest BCUT2D eigenvalue weighted by Crippen LogP contribution is -2.49. The van der Waals surface area contributed by atoms with E-state index < -0.39 is 6.17 Å². The summed E-state index contributed by atoms with van der Waals surface area (Å²) in [7, 11) is 1.71. The zero-order valence-electron chi connectivity index (χ0n) is 18.2. The van der Waals surface area contributed by atoms with Gasteiger partial charge >= 0.3 is 0 Å². The van der Waals surface area contributed by atoms with E-state index in [9.17, 15) is 4.79 Å². The van der Waals surface area contributed by atoms with E-state index in [1.807, 2.05) is 48.5 Å². The molecule has 0 saturated carbocycles. The smallest absolute Gasteiger partial charge is 0.272 e. The van der Waals surface area contributed by atoms with Crippen LogP contribution in [-0.4, -0.2) is 36.5 Å². The number of benzodiazepines with no additional fused rings is 1. The molecule has 0 spiro atoms. The van der Waals surface area contributed by atoms with Gasteiger partial charge in [0.15, 0.2) is 5.11 Å². The first-order chi connectivity index (χ1) is 16.3. The molecule has 1 atom stereocenters. The number of hydrogen-bond donors (Lipinski definition) is 2. The van der Waals surface area contributed by atoms with Crippen molar-refractivity contribution in [2.24, 2.45) is 4.99 Å². The number of thiocarbonyl (C=S) groups is 1. The molecule has 5 nitrogen and oxygen atoms in total. The van der Waals surface area contributed by atoms with E-state index in [2.05, 4.69) is 10.6 Å². The molecule has 1 aliphatic heterocycles. The van der Waals surface area contributed by atoms with Crippen molar-refractivity contribution in [3.63, 3.8) is 0 Å². The van der Waals surface area contributed by atoms with Gasteiger partial charge in [-0.15, -0.1) is 0 Å². The molecule has 174 valence electrons. The van der Waals surface area contributed by atoms with E-state index in [4.69, 9.17) is 52.0 Å². The summed E-state index contributed by atoms with van der Waals surface area (Å²) in [4.78, 5) is 19.6. The number of anilines is 1. The first-order valence-corrected chi connectivity index (χ1v) is 12.1. The van der Waals surface area contributed by atoms with Crippen LogP contribution in [0, 0.1) is 0 Å². The van der Waals surface area contributed by atoms with E-state index in [-0.39, 0.29) is 5.91 Å². The topological polar surface area (TPSA) is 56.7 Å². The van der Waals surface area contributed by atoms with Gasteiger partial charge in [-0.3, -0.25) is 4.79 Å². The summed E-state index contributed by atoms with van der Waals surface area (Å²) in [6.07, 6.45) is -0.274. The number of carbonyl (C=O) groups excluding carboxylic acids is 1. The number of carbonyl (C=O) groups is 1. The van der Waals surface area contributed by atoms with Crippen molar-refractivity contribution < 1.29 is 4.79 Å². The third-order valence-electron chi connectivity index (χ3n) is 5.41. The van der Waals surface area contributed by atoms with Gasteiger partial charge in [-0.2, -0.15) is 0 Å². The second kappa shape index (κ2) is 10.7. The molecule has 3 aromatic rings. The standard InChI is InChI=1S/C25H21Cl3N4OS/c1-32-21-10-9-17(26)13-19(21)22(16-5-3-2-4-6-16)30-23(24(32)33)31-25(34)29-12-11-15-7-8-18(27)14-20(15)28/h2-10,13-14,23H,11-12H2,1H3,(H2,29,31,34).